The number of rotatable bonds is 0. The Hall–Kier alpha value is 0.734. The topological polar surface area (TPSA) is 20.2 Å². The first-order valence-corrected chi connectivity index (χ1v) is 2.16. The van der Waals surface area contributed by atoms with Gasteiger partial charge < -0.3 is 67.1 Å². The molecule has 1 aliphatic rings. The van der Waals surface area contributed by atoms with Crippen LogP contribution in [-0.2, 0) is 21.7 Å². The largest absolute Gasteiger partial charge is 2.00 e. The number of aliphatic hydroxyl groups is 1. The van der Waals surface area contributed by atoms with Gasteiger partial charge in [0.25, 0.3) is 0 Å². The number of aliphatic hydroxyl groups excluding tert-OH is 1. The van der Waals surface area contributed by atoms with Gasteiger partial charge in [-0.25, -0.2) is 12.2 Å². The van der Waals surface area contributed by atoms with Crippen LogP contribution in [0.25, 0.3) is 0 Å². The minimum atomic E-state index is 0. The maximum absolute atomic E-state index is 7.00. The van der Waals surface area contributed by atoms with Gasteiger partial charge in [0.2, 0.25) is 0 Å². The summed E-state index contributed by atoms with van der Waals surface area (Å²) >= 11 is 0. The summed E-state index contributed by atoms with van der Waals surface area (Å²) in [5, 5.41) is 7.00. The summed E-state index contributed by atoms with van der Waals surface area (Å²) in [6, 6.07) is 0. The van der Waals surface area contributed by atoms with E-state index in [9.17, 15) is 0 Å². The van der Waals surface area contributed by atoms with Crippen LogP contribution in [0.1, 0.15) is 6.42 Å². The average Bonchev–Trinajstić information content (AvgIpc) is 2.23. The number of hydrogen-bond acceptors (Lipinski definition) is 1. The van der Waals surface area contributed by atoms with Crippen molar-refractivity contribution in [3.05, 3.63) is 61.4 Å². The summed E-state index contributed by atoms with van der Waals surface area (Å²) in [5.74, 6) is 0. The van der Waals surface area contributed by atoms with Crippen LogP contribution in [0.15, 0.2) is 18.2 Å². The molecule has 0 saturated carbocycles. The van der Waals surface area contributed by atoms with Crippen molar-refractivity contribution in [3.8, 4) is 0 Å². The second-order valence-corrected chi connectivity index (χ2v) is 1.00. The van der Waals surface area contributed by atoms with Crippen molar-refractivity contribution in [2.75, 3.05) is 7.11 Å². The average molecular weight is 291 g/mol. The third-order valence-electron chi connectivity index (χ3n) is 0.586. The monoisotopic (exact) mass is 290 g/mol. The first-order valence-electron chi connectivity index (χ1n) is 2.16. The maximum Gasteiger partial charge on any atom is 2.00 e. The molecule has 98 valence electrons. The molecule has 0 heterocycles. The number of allylic oxidation sites excluding steroid dienone is 4. The van der Waals surface area contributed by atoms with Gasteiger partial charge in [-0.1, -0.05) is 0 Å². The zero-order valence-corrected chi connectivity index (χ0v) is 13.7. The molecule has 0 spiro atoms. The molecule has 0 unspecified atom stereocenters. The van der Waals surface area contributed by atoms with Crippen LogP contribution in [0.5, 0.6) is 0 Å². The first kappa shape index (κ1) is 75.3. The molecule has 0 aromatic rings. The van der Waals surface area contributed by atoms with Crippen molar-refractivity contribution in [1.29, 1.82) is 0 Å². The Morgan fingerprint density at radius 2 is 1.27 bits per heavy atom. The second kappa shape index (κ2) is 84.5. The molecule has 1 nitrogen and oxygen atoms in total. The molecule has 15 heavy (non-hydrogen) atoms. The number of hydrogen-bond donors (Lipinski definition) is 1. The van der Waals surface area contributed by atoms with Gasteiger partial charge in [0, 0.05) is 7.11 Å². The van der Waals surface area contributed by atoms with Crippen molar-refractivity contribution < 1.29 is 51.6 Å². The fraction of sp³-hybridized carbons (Fsp3) is 0.182. The van der Waals surface area contributed by atoms with Gasteiger partial charge in [-0.05, 0) is 0 Å². The van der Waals surface area contributed by atoms with Crippen molar-refractivity contribution in [2.45, 2.75) is 6.42 Å². The van der Waals surface area contributed by atoms with Crippen molar-refractivity contribution in [2.24, 2.45) is 0 Å². The molecule has 0 saturated heterocycles. The van der Waals surface area contributed by atoms with Gasteiger partial charge in [-0.15, -0.1) is 6.42 Å². The van der Waals surface area contributed by atoms with Gasteiger partial charge in [0.15, 0.2) is 0 Å². The normalized spacial score (nSPS) is 6.27. The molecule has 0 amide bonds. The van der Waals surface area contributed by atoms with E-state index in [1.807, 2.05) is 12.2 Å². The minimum Gasteiger partial charge on any atom is -1.00 e. The summed E-state index contributed by atoms with van der Waals surface area (Å²) in [6.07, 6.45) is 10.0. The van der Waals surface area contributed by atoms with Crippen molar-refractivity contribution in [3.63, 3.8) is 0 Å². The molecule has 1 aliphatic carbocycles. The SMILES string of the molecule is CO.[C-]1=CC=CC1.[CH3-].[CH3-].[CH3-].[CH3-].[CH3-].[Cl-].[Cl-].[Ti+2]. The van der Waals surface area contributed by atoms with E-state index in [1.165, 1.54) is 0 Å². The van der Waals surface area contributed by atoms with Crippen LogP contribution in [-0.4, -0.2) is 12.2 Å². The molecule has 0 aromatic carbocycles. The molecule has 0 aromatic heterocycles. The molecule has 0 bridgehead atoms. The fourth-order valence-electron chi connectivity index (χ4n) is 0.340. The van der Waals surface area contributed by atoms with Crippen LogP contribution in [0, 0.1) is 43.2 Å². The van der Waals surface area contributed by atoms with E-state index in [2.05, 4.69) is 12.2 Å². The van der Waals surface area contributed by atoms with E-state index < -0.39 is 0 Å². The Balaban J connectivity index is -0.00000000495. The fourth-order valence-corrected chi connectivity index (χ4v) is 0.340. The zero-order valence-electron chi connectivity index (χ0n) is 10.6. The maximum atomic E-state index is 7.00. The molecule has 0 fully saturated rings. The minimum absolute atomic E-state index is 0. The van der Waals surface area contributed by atoms with E-state index in [4.69, 9.17) is 5.11 Å². The molecular weight excluding hydrogens is 267 g/mol. The van der Waals surface area contributed by atoms with Crippen LogP contribution in [0.2, 0.25) is 0 Å². The third kappa shape index (κ3) is 72.7. The Morgan fingerprint density at radius 1 is 0.933 bits per heavy atom. The van der Waals surface area contributed by atoms with Gasteiger partial charge in [-0.2, -0.15) is 6.08 Å². The van der Waals surface area contributed by atoms with Gasteiger partial charge in [0.1, 0.15) is 0 Å². The smallest absolute Gasteiger partial charge is 1.00 e. The van der Waals surface area contributed by atoms with Gasteiger partial charge in [0.05, 0.1) is 0 Å². The Kier molecular flexibility index (Phi) is 424. The van der Waals surface area contributed by atoms with Crippen molar-refractivity contribution >= 4 is 0 Å². The summed E-state index contributed by atoms with van der Waals surface area (Å²) in [5.41, 5.74) is 0. The van der Waals surface area contributed by atoms with E-state index in [-0.39, 0.29) is 83.7 Å². The van der Waals surface area contributed by atoms with Crippen LogP contribution in [0.3, 0.4) is 0 Å². The molecular formula is C11H24Cl2OTi-6. The van der Waals surface area contributed by atoms with Gasteiger partial charge >= 0.3 is 21.7 Å². The molecule has 0 aliphatic heterocycles. The standard InChI is InChI=1S/C5H5.CH4O.5CH3.2ClH.Ti/c1-2-4-5-3-1;1-2;;;;;;;;/h1-3H,4H2;2H,1H3;5*1H3;2*1H;/q-1;;5*-1;;;+2/p-2. The summed E-state index contributed by atoms with van der Waals surface area (Å²) in [7, 11) is 1.00. The Labute approximate surface area is 126 Å². The Bertz CT molecular complexity index is 76.7. The molecule has 0 atom stereocenters. The summed E-state index contributed by atoms with van der Waals surface area (Å²) in [6.45, 7) is 0. The van der Waals surface area contributed by atoms with Crippen LogP contribution in [0.4, 0.5) is 0 Å². The van der Waals surface area contributed by atoms with Crippen molar-refractivity contribution in [1.82, 2.24) is 0 Å². The predicted octanol–water partition coefficient (Wildman–Crippen LogP) is -2.83. The first-order chi connectivity index (χ1) is 3.50. The van der Waals surface area contributed by atoms with E-state index in [1.54, 1.807) is 0 Å². The third-order valence-corrected chi connectivity index (χ3v) is 0.586. The van der Waals surface area contributed by atoms with Crippen LogP contribution >= 0.6 is 0 Å². The van der Waals surface area contributed by atoms with Crippen LogP contribution < -0.4 is 24.8 Å². The summed E-state index contributed by atoms with van der Waals surface area (Å²) in [4.78, 5) is 0. The molecule has 4 heteroatoms. The van der Waals surface area contributed by atoms with Gasteiger partial charge in [-0.3, -0.25) is 6.08 Å². The summed E-state index contributed by atoms with van der Waals surface area (Å²) < 4.78 is 0. The molecule has 0 radical (unpaired) electrons. The predicted molar refractivity (Wildman–Crippen MR) is 61.8 cm³/mol. The second-order valence-electron chi connectivity index (χ2n) is 1.00. The van der Waals surface area contributed by atoms with E-state index in [0.29, 0.717) is 0 Å². The Morgan fingerprint density at radius 3 is 1.33 bits per heavy atom. The van der Waals surface area contributed by atoms with E-state index in [0.717, 1.165) is 13.5 Å². The molecule has 1 rings (SSSR count). The zero-order chi connectivity index (χ0) is 5.54. The molecule has 1 N–H and O–H groups in total. The van der Waals surface area contributed by atoms with E-state index >= 15 is 0 Å². The number of halogens is 2. The quantitative estimate of drug-likeness (QED) is 0.377.